The number of aromatic nitrogens is 4. The Balaban J connectivity index is 1.48. The zero-order chi connectivity index (χ0) is 20.8. The molecule has 0 radical (unpaired) electrons. The highest BCUT2D eigenvalue weighted by Crippen LogP contribution is 2.26. The summed E-state index contributed by atoms with van der Waals surface area (Å²) in [5, 5.41) is 10.1. The number of rotatable bonds is 9. The lowest BCUT2D eigenvalue weighted by atomic mass is 10.1. The molecule has 3 aromatic rings. The maximum absolute atomic E-state index is 5.91. The van der Waals surface area contributed by atoms with Crippen molar-refractivity contribution in [3.63, 3.8) is 0 Å². The quantitative estimate of drug-likeness (QED) is 0.483. The van der Waals surface area contributed by atoms with Crippen molar-refractivity contribution in [3.05, 3.63) is 71.3 Å². The fourth-order valence-electron chi connectivity index (χ4n) is 3.70. The Kier molecular flexibility index (Phi) is 7.15. The Morgan fingerprint density at radius 3 is 2.77 bits per heavy atom. The Morgan fingerprint density at radius 2 is 2.00 bits per heavy atom. The molecule has 158 valence electrons. The average molecular weight is 424 g/mol. The molecule has 0 spiro atoms. The number of thioether (sulfide) groups is 1. The van der Waals surface area contributed by atoms with E-state index in [1.54, 1.807) is 11.8 Å². The Hall–Kier alpha value is -2.22. The highest BCUT2D eigenvalue weighted by atomic mass is 32.2. The number of nitrogens with zero attached hydrogens (tertiary/aromatic N) is 5. The van der Waals surface area contributed by atoms with E-state index in [-0.39, 0.29) is 6.10 Å². The van der Waals surface area contributed by atoms with Crippen LogP contribution in [0.25, 0.3) is 0 Å². The standard InChI is InChI=1S/C23H29N5OS/c1-18-8-3-4-9-19(18)17-30-23-26-25-22(28(23)15-21-11-7-13-29-21)16-27(2)14-20-10-5-6-12-24-20/h3-6,8-10,12,21H,7,11,13-17H2,1-2H3/t21-/m1/s1. The number of ether oxygens (including phenoxy) is 1. The Bertz CT molecular complexity index is 940. The molecule has 2 aromatic heterocycles. The van der Waals surface area contributed by atoms with Gasteiger partial charge in [0.25, 0.3) is 0 Å². The van der Waals surface area contributed by atoms with E-state index in [0.717, 1.165) is 61.5 Å². The first kappa shape index (κ1) is 21.0. The van der Waals surface area contributed by atoms with E-state index in [0.29, 0.717) is 0 Å². The van der Waals surface area contributed by atoms with Crippen molar-refractivity contribution in [2.45, 2.75) is 56.4 Å². The first-order valence-corrected chi connectivity index (χ1v) is 11.5. The molecule has 1 aromatic carbocycles. The minimum Gasteiger partial charge on any atom is -0.376 e. The molecule has 1 fully saturated rings. The van der Waals surface area contributed by atoms with Crippen LogP contribution in [0.15, 0.2) is 53.8 Å². The van der Waals surface area contributed by atoms with Gasteiger partial charge in [0.1, 0.15) is 5.82 Å². The van der Waals surface area contributed by atoms with Crippen molar-refractivity contribution in [2.75, 3.05) is 13.7 Å². The van der Waals surface area contributed by atoms with Crippen LogP contribution in [-0.2, 0) is 30.1 Å². The molecule has 1 aliphatic heterocycles. The predicted molar refractivity (Wildman–Crippen MR) is 119 cm³/mol. The van der Waals surface area contributed by atoms with Crippen LogP contribution in [0.5, 0.6) is 0 Å². The zero-order valence-electron chi connectivity index (χ0n) is 17.7. The van der Waals surface area contributed by atoms with Gasteiger partial charge in [-0.2, -0.15) is 0 Å². The first-order valence-electron chi connectivity index (χ1n) is 10.5. The normalized spacial score (nSPS) is 16.4. The molecular weight excluding hydrogens is 394 g/mol. The minimum absolute atomic E-state index is 0.249. The molecule has 0 N–H and O–H groups in total. The van der Waals surface area contributed by atoms with Gasteiger partial charge in [0.2, 0.25) is 0 Å². The fourth-order valence-corrected chi connectivity index (χ4v) is 4.74. The maximum Gasteiger partial charge on any atom is 0.191 e. The summed E-state index contributed by atoms with van der Waals surface area (Å²) < 4.78 is 8.17. The van der Waals surface area contributed by atoms with Crippen molar-refractivity contribution < 1.29 is 4.74 Å². The van der Waals surface area contributed by atoms with Crippen molar-refractivity contribution >= 4 is 11.8 Å². The largest absolute Gasteiger partial charge is 0.376 e. The molecule has 30 heavy (non-hydrogen) atoms. The van der Waals surface area contributed by atoms with Crippen LogP contribution in [0.2, 0.25) is 0 Å². The van der Waals surface area contributed by atoms with Gasteiger partial charge in [-0.05, 0) is 50.1 Å². The molecule has 6 nitrogen and oxygen atoms in total. The van der Waals surface area contributed by atoms with Crippen LogP contribution in [0, 0.1) is 6.92 Å². The summed E-state index contributed by atoms with van der Waals surface area (Å²) in [5.41, 5.74) is 3.70. The lowest BCUT2D eigenvalue weighted by Crippen LogP contribution is -2.23. The molecular formula is C23H29N5OS. The highest BCUT2D eigenvalue weighted by molar-refractivity contribution is 7.98. The third kappa shape index (κ3) is 5.47. The summed E-state index contributed by atoms with van der Waals surface area (Å²) in [6.45, 7) is 5.33. The predicted octanol–water partition coefficient (Wildman–Crippen LogP) is 4.08. The maximum atomic E-state index is 5.91. The Labute approximate surface area is 182 Å². The van der Waals surface area contributed by atoms with Crippen molar-refractivity contribution in [1.82, 2.24) is 24.6 Å². The van der Waals surface area contributed by atoms with Gasteiger partial charge in [-0.1, -0.05) is 42.1 Å². The van der Waals surface area contributed by atoms with Crippen LogP contribution < -0.4 is 0 Å². The molecule has 0 unspecified atom stereocenters. The third-order valence-corrected chi connectivity index (χ3v) is 6.41. The van der Waals surface area contributed by atoms with Crippen LogP contribution in [0.4, 0.5) is 0 Å². The molecule has 0 aliphatic carbocycles. The summed E-state index contributed by atoms with van der Waals surface area (Å²) >= 11 is 1.75. The van der Waals surface area contributed by atoms with Gasteiger partial charge in [-0.25, -0.2) is 0 Å². The van der Waals surface area contributed by atoms with E-state index in [9.17, 15) is 0 Å². The van der Waals surface area contributed by atoms with Gasteiger partial charge in [-0.3, -0.25) is 9.88 Å². The van der Waals surface area contributed by atoms with Gasteiger partial charge < -0.3 is 9.30 Å². The minimum atomic E-state index is 0.249. The second-order valence-electron chi connectivity index (χ2n) is 7.85. The molecule has 1 saturated heterocycles. The van der Waals surface area contributed by atoms with Gasteiger partial charge >= 0.3 is 0 Å². The number of hydrogen-bond acceptors (Lipinski definition) is 6. The van der Waals surface area contributed by atoms with Gasteiger partial charge in [0.05, 0.1) is 24.9 Å². The second kappa shape index (κ2) is 10.2. The Morgan fingerprint density at radius 1 is 1.13 bits per heavy atom. The lowest BCUT2D eigenvalue weighted by molar-refractivity contribution is 0.0934. The van der Waals surface area contributed by atoms with E-state index in [4.69, 9.17) is 4.74 Å². The summed E-state index contributed by atoms with van der Waals surface area (Å²) in [4.78, 5) is 6.66. The van der Waals surface area contributed by atoms with Crippen LogP contribution >= 0.6 is 11.8 Å². The van der Waals surface area contributed by atoms with Crippen molar-refractivity contribution in [3.8, 4) is 0 Å². The monoisotopic (exact) mass is 423 g/mol. The van der Waals surface area contributed by atoms with Gasteiger partial charge in [0, 0.05) is 25.1 Å². The van der Waals surface area contributed by atoms with Crippen LogP contribution in [-0.4, -0.2) is 44.4 Å². The summed E-state index contributed by atoms with van der Waals surface area (Å²) in [7, 11) is 2.10. The smallest absolute Gasteiger partial charge is 0.191 e. The topological polar surface area (TPSA) is 56.1 Å². The SMILES string of the molecule is Cc1ccccc1CSc1nnc(CN(C)Cc2ccccn2)n1C[C@H]1CCCO1. The van der Waals surface area contributed by atoms with E-state index in [1.807, 2.05) is 18.3 Å². The molecule has 7 heteroatoms. The number of benzene rings is 1. The van der Waals surface area contributed by atoms with Crippen LogP contribution in [0.1, 0.15) is 35.5 Å². The van der Waals surface area contributed by atoms with Gasteiger partial charge in [-0.15, -0.1) is 10.2 Å². The number of aryl methyl sites for hydroxylation is 1. The first-order chi connectivity index (χ1) is 14.7. The molecule has 0 saturated carbocycles. The number of pyridine rings is 1. The number of hydrogen-bond donors (Lipinski definition) is 0. The van der Waals surface area contributed by atoms with Crippen LogP contribution in [0.3, 0.4) is 0 Å². The molecule has 4 rings (SSSR count). The van der Waals surface area contributed by atoms with Crippen molar-refractivity contribution in [2.24, 2.45) is 0 Å². The second-order valence-corrected chi connectivity index (χ2v) is 8.80. The van der Waals surface area contributed by atoms with E-state index in [2.05, 4.69) is 69.0 Å². The van der Waals surface area contributed by atoms with Gasteiger partial charge in [0.15, 0.2) is 5.16 Å². The summed E-state index contributed by atoms with van der Waals surface area (Å²) in [5.74, 6) is 1.87. The fraction of sp³-hybridized carbons (Fsp3) is 0.435. The summed E-state index contributed by atoms with van der Waals surface area (Å²) in [6, 6.07) is 14.5. The molecule has 0 amide bonds. The average Bonchev–Trinajstić information content (AvgIpc) is 3.39. The molecule has 1 aliphatic rings. The third-order valence-electron chi connectivity index (χ3n) is 5.39. The highest BCUT2D eigenvalue weighted by Gasteiger charge is 2.22. The zero-order valence-corrected chi connectivity index (χ0v) is 18.5. The summed E-state index contributed by atoms with van der Waals surface area (Å²) in [6.07, 6.45) is 4.32. The van der Waals surface area contributed by atoms with Crippen molar-refractivity contribution in [1.29, 1.82) is 0 Å². The molecule has 3 heterocycles. The van der Waals surface area contributed by atoms with E-state index >= 15 is 0 Å². The lowest BCUT2D eigenvalue weighted by Gasteiger charge is -2.19. The molecule has 1 atom stereocenters. The molecule has 0 bridgehead atoms. The van der Waals surface area contributed by atoms with E-state index in [1.165, 1.54) is 11.1 Å². The van der Waals surface area contributed by atoms with E-state index < -0.39 is 0 Å².